The molecule has 2 aromatic rings. The molecular weight excluding hydrogens is 274 g/mol. The van der Waals surface area contributed by atoms with Crippen LogP contribution in [-0.2, 0) is 6.42 Å². The maximum absolute atomic E-state index is 12.4. The molecule has 0 heterocycles. The van der Waals surface area contributed by atoms with Crippen LogP contribution in [0.5, 0.6) is 5.75 Å². The van der Waals surface area contributed by atoms with Crippen molar-refractivity contribution in [1.82, 2.24) is 5.32 Å². The second-order valence-electron chi connectivity index (χ2n) is 5.57. The Labute approximate surface area is 131 Å². The quantitative estimate of drug-likeness (QED) is 0.929. The summed E-state index contributed by atoms with van der Waals surface area (Å²) < 4.78 is 5.41. The smallest absolute Gasteiger partial charge is 0.251 e. The lowest BCUT2D eigenvalue weighted by Gasteiger charge is -2.26. The van der Waals surface area contributed by atoms with Gasteiger partial charge in [-0.3, -0.25) is 4.79 Å². The van der Waals surface area contributed by atoms with Gasteiger partial charge in [-0.05, 0) is 61.6 Å². The second-order valence-corrected chi connectivity index (χ2v) is 5.57. The summed E-state index contributed by atoms with van der Waals surface area (Å²) in [6.45, 7) is 2.57. The van der Waals surface area contributed by atoms with Crippen LogP contribution in [0.1, 0.15) is 47.3 Å². The largest absolute Gasteiger partial charge is 0.494 e. The number of ether oxygens (including phenoxy) is 1. The van der Waals surface area contributed by atoms with Crippen molar-refractivity contribution in [2.45, 2.75) is 32.2 Å². The lowest BCUT2D eigenvalue weighted by atomic mass is 9.87. The molecule has 0 radical (unpaired) electrons. The Balaban J connectivity index is 1.72. The molecule has 0 aromatic heterocycles. The Kier molecular flexibility index (Phi) is 4.42. The van der Waals surface area contributed by atoms with Crippen LogP contribution in [0.2, 0.25) is 0 Å². The molecule has 22 heavy (non-hydrogen) atoms. The minimum absolute atomic E-state index is 0.0234. The zero-order valence-electron chi connectivity index (χ0n) is 12.8. The van der Waals surface area contributed by atoms with Gasteiger partial charge in [-0.15, -0.1) is 0 Å². The molecule has 2 aromatic carbocycles. The van der Waals surface area contributed by atoms with Gasteiger partial charge in [0.15, 0.2) is 0 Å². The number of aryl methyl sites for hydroxylation is 1. The third-order valence-electron chi connectivity index (χ3n) is 4.10. The SMILES string of the molecule is CCOc1ccc(C(=O)N[C@@H]2CCCc3ccccc32)cc1. The number of benzene rings is 2. The van der Waals surface area contributed by atoms with Gasteiger partial charge in [-0.1, -0.05) is 24.3 Å². The van der Waals surface area contributed by atoms with Crippen molar-refractivity contribution in [3.8, 4) is 5.75 Å². The standard InChI is InChI=1S/C19H21NO2/c1-2-22-16-12-10-15(11-13-16)19(21)20-18-9-5-7-14-6-3-4-8-17(14)18/h3-4,6,8,10-13,18H,2,5,7,9H2,1H3,(H,20,21)/t18-/m1/s1. The first kappa shape index (κ1) is 14.6. The predicted molar refractivity (Wildman–Crippen MR) is 87.2 cm³/mol. The highest BCUT2D eigenvalue weighted by molar-refractivity contribution is 5.94. The Morgan fingerprint density at radius 2 is 1.95 bits per heavy atom. The zero-order valence-corrected chi connectivity index (χ0v) is 12.8. The molecule has 0 fully saturated rings. The second kappa shape index (κ2) is 6.65. The van der Waals surface area contributed by atoms with Crippen molar-refractivity contribution in [1.29, 1.82) is 0 Å². The normalized spacial score (nSPS) is 16.7. The molecule has 3 heteroatoms. The molecule has 114 valence electrons. The van der Waals surface area contributed by atoms with Gasteiger partial charge in [0.2, 0.25) is 0 Å². The van der Waals surface area contributed by atoms with Crippen molar-refractivity contribution in [3.63, 3.8) is 0 Å². The van der Waals surface area contributed by atoms with Gasteiger partial charge in [0.05, 0.1) is 12.6 Å². The van der Waals surface area contributed by atoms with Crippen molar-refractivity contribution >= 4 is 5.91 Å². The highest BCUT2D eigenvalue weighted by Crippen LogP contribution is 2.29. The summed E-state index contributed by atoms with van der Waals surface area (Å²) in [5.74, 6) is 0.770. The van der Waals surface area contributed by atoms with E-state index in [2.05, 4.69) is 23.5 Å². The van der Waals surface area contributed by atoms with Crippen LogP contribution in [0.15, 0.2) is 48.5 Å². The molecule has 1 amide bonds. The van der Waals surface area contributed by atoms with Crippen molar-refractivity contribution in [2.24, 2.45) is 0 Å². The molecule has 3 rings (SSSR count). The number of carbonyl (C=O) groups excluding carboxylic acids is 1. The van der Waals surface area contributed by atoms with E-state index in [0.717, 1.165) is 25.0 Å². The van der Waals surface area contributed by atoms with E-state index in [1.807, 2.05) is 37.3 Å². The van der Waals surface area contributed by atoms with E-state index in [9.17, 15) is 4.79 Å². The molecular formula is C19H21NO2. The summed E-state index contributed by atoms with van der Waals surface area (Å²) in [4.78, 5) is 12.4. The summed E-state index contributed by atoms with van der Waals surface area (Å²) >= 11 is 0. The molecule has 0 bridgehead atoms. The molecule has 3 nitrogen and oxygen atoms in total. The fourth-order valence-corrected chi connectivity index (χ4v) is 3.01. The molecule has 1 aliphatic rings. The number of carbonyl (C=O) groups is 1. The van der Waals surface area contributed by atoms with Gasteiger partial charge in [0.25, 0.3) is 5.91 Å². The van der Waals surface area contributed by atoms with E-state index >= 15 is 0 Å². The Bertz CT molecular complexity index is 649. The lowest BCUT2D eigenvalue weighted by molar-refractivity contribution is 0.0932. The van der Waals surface area contributed by atoms with Gasteiger partial charge in [0.1, 0.15) is 5.75 Å². The lowest BCUT2D eigenvalue weighted by Crippen LogP contribution is -2.30. The number of hydrogen-bond donors (Lipinski definition) is 1. The van der Waals surface area contributed by atoms with E-state index in [1.165, 1.54) is 11.1 Å². The van der Waals surface area contributed by atoms with Crippen LogP contribution < -0.4 is 10.1 Å². The molecule has 1 atom stereocenters. The maximum Gasteiger partial charge on any atom is 0.251 e. The number of fused-ring (bicyclic) bond motifs is 1. The summed E-state index contributed by atoms with van der Waals surface area (Å²) in [5, 5.41) is 3.16. The van der Waals surface area contributed by atoms with Crippen LogP contribution in [0.25, 0.3) is 0 Å². The minimum Gasteiger partial charge on any atom is -0.494 e. The Morgan fingerprint density at radius 3 is 2.73 bits per heavy atom. The third-order valence-corrected chi connectivity index (χ3v) is 4.10. The molecule has 0 spiro atoms. The Morgan fingerprint density at radius 1 is 1.18 bits per heavy atom. The van der Waals surface area contributed by atoms with Crippen LogP contribution in [-0.4, -0.2) is 12.5 Å². The number of amides is 1. The first-order valence-corrected chi connectivity index (χ1v) is 7.89. The first-order chi connectivity index (χ1) is 10.8. The highest BCUT2D eigenvalue weighted by Gasteiger charge is 2.21. The van der Waals surface area contributed by atoms with Crippen molar-refractivity contribution in [3.05, 3.63) is 65.2 Å². The number of nitrogens with one attached hydrogen (secondary N) is 1. The van der Waals surface area contributed by atoms with Crippen LogP contribution in [0, 0.1) is 0 Å². The van der Waals surface area contributed by atoms with E-state index in [-0.39, 0.29) is 11.9 Å². The predicted octanol–water partition coefficient (Wildman–Crippen LogP) is 3.89. The number of hydrogen-bond acceptors (Lipinski definition) is 2. The topological polar surface area (TPSA) is 38.3 Å². The minimum atomic E-state index is -0.0234. The van der Waals surface area contributed by atoms with E-state index in [1.54, 1.807) is 0 Å². The average molecular weight is 295 g/mol. The average Bonchev–Trinajstić information content (AvgIpc) is 2.56. The van der Waals surface area contributed by atoms with E-state index in [0.29, 0.717) is 12.2 Å². The molecule has 1 N–H and O–H groups in total. The van der Waals surface area contributed by atoms with Crippen molar-refractivity contribution < 1.29 is 9.53 Å². The van der Waals surface area contributed by atoms with Gasteiger partial charge in [0, 0.05) is 5.56 Å². The summed E-state index contributed by atoms with van der Waals surface area (Å²) in [5.41, 5.74) is 3.28. The molecule has 0 aliphatic heterocycles. The summed E-state index contributed by atoms with van der Waals surface area (Å²) in [6.07, 6.45) is 3.22. The molecule has 0 saturated carbocycles. The maximum atomic E-state index is 12.4. The van der Waals surface area contributed by atoms with Gasteiger partial charge < -0.3 is 10.1 Å². The monoisotopic (exact) mass is 295 g/mol. The fraction of sp³-hybridized carbons (Fsp3) is 0.316. The van der Waals surface area contributed by atoms with Gasteiger partial charge in [-0.25, -0.2) is 0 Å². The van der Waals surface area contributed by atoms with Crippen LogP contribution in [0.3, 0.4) is 0 Å². The number of rotatable bonds is 4. The fourth-order valence-electron chi connectivity index (χ4n) is 3.01. The molecule has 1 aliphatic carbocycles. The summed E-state index contributed by atoms with van der Waals surface area (Å²) in [7, 11) is 0. The summed E-state index contributed by atoms with van der Waals surface area (Å²) in [6, 6.07) is 15.8. The molecule has 0 unspecified atom stereocenters. The Hall–Kier alpha value is -2.29. The van der Waals surface area contributed by atoms with Crippen molar-refractivity contribution in [2.75, 3.05) is 6.61 Å². The van der Waals surface area contributed by atoms with Crippen LogP contribution >= 0.6 is 0 Å². The van der Waals surface area contributed by atoms with E-state index in [4.69, 9.17) is 4.74 Å². The van der Waals surface area contributed by atoms with Gasteiger partial charge in [-0.2, -0.15) is 0 Å². The van der Waals surface area contributed by atoms with Gasteiger partial charge >= 0.3 is 0 Å². The van der Waals surface area contributed by atoms with E-state index < -0.39 is 0 Å². The molecule has 0 saturated heterocycles. The highest BCUT2D eigenvalue weighted by atomic mass is 16.5. The van der Waals surface area contributed by atoms with Crippen LogP contribution in [0.4, 0.5) is 0 Å². The zero-order chi connectivity index (χ0) is 15.4. The first-order valence-electron chi connectivity index (χ1n) is 7.89. The third kappa shape index (κ3) is 3.14.